The summed E-state index contributed by atoms with van der Waals surface area (Å²) in [6.07, 6.45) is 3.84. The summed E-state index contributed by atoms with van der Waals surface area (Å²) in [5.74, 6) is -0.0621. The lowest BCUT2D eigenvalue weighted by Crippen LogP contribution is -2.40. The number of esters is 1. The molecular weight excluding hydrogens is 480 g/mol. The number of thiazole rings is 1. The molecule has 1 aromatic heterocycles. The molecule has 1 atom stereocenters. The molecule has 4 rings (SSSR count). The Morgan fingerprint density at radius 2 is 1.94 bits per heavy atom. The van der Waals surface area contributed by atoms with Crippen LogP contribution >= 0.6 is 34.7 Å². The average Bonchev–Trinajstić information content (AvgIpc) is 3.12. The molecule has 0 unspecified atom stereocenters. The Kier molecular flexibility index (Phi) is 6.78. The smallest absolute Gasteiger partial charge is 0.338 e. The first-order valence-electron chi connectivity index (χ1n) is 9.96. The summed E-state index contributed by atoms with van der Waals surface area (Å²) in [6, 6.07) is 12.3. The summed E-state index contributed by atoms with van der Waals surface area (Å²) in [6.45, 7) is 1.73. The summed E-state index contributed by atoms with van der Waals surface area (Å²) >= 11 is 9.21. The molecule has 0 radical (unpaired) electrons. The van der Waals surface area contributed by atoms with Gasteiger partial charge in [0, 0.05) is 15.5 Å². The summed E-state index contributed by atoms with van der Waals surface area (Å²) in [5.41, 5.74) is 1.97. The molecule has 33 heavy (non-hydrogen) atoms. The Morgan fingerprint density at radius 3 is 2.58 bits per heavy atom. The first-order chi connectivity index (χ1) is 15.9. The van der Waals surface area contributed by atoms with Gasteiger partial charge in [-0.1, -0.05) is 35.1 Å². The van der Waals surface area contributed by atoms with E-state index in [1.807, 2.05) is 36.6 Å². The van der Waals surface area contributed by atoms with E-state index in [-0.39, 0.29) is 11.1 Å². The third-order valence-electron chi connectivity index (χ3n) is 5.33. The van der Waals surface area contributed by atoms with E-state index in [1.165, 1.54) is 30.1 Å². The van der Waals surface area contributed by atoms with Gasteiger partial charge >= 0.3 is 5.97 Å². The second-order valence-corrected chi connectivity index (χ2v) is 9.56. The van der Waals surface area contributed by atoms with Crippen LogP contribution in [-0.4, -0.2) is 31.0 Å². The van der Waals surface area contributed by atoms with Crippen LogP contribution in [0, 0.1) is 0 Å². The van der Waals surface area contributed by atoms with Gasteiger partial charge in [-0.3, -0.25) is 9.36 Å². The molecule has 3 aromatic rings. The number of carbonyl (C=O) groups excluding carboxylic acids is 1. The molecule has 1 aliphatic heterocycles. The number of halogens is 1. The molecule has 0 saturated carbocycles. The minimum atomic E-state index is -0.789. The average molecular weight is 501 g/mol. The van der Waals surface area contributed by atoms with E-state index < -0.39 is 12.0 Å². The highest BCUT2D eigenvalue weighted by molar-refractivity contribution is 7.98. The van der Waals surface area contributed by atoms with Gasteiger partial charge in [0.2, 0.25) is 0 Å². The number of hydrogen-bond acceptors (Lipinski definition) is 7. The molecule has 6 nitrogen and oxygen atoms in total. The van der Waals surface area contributed by atoms with Gasteiger partial charge in [-0.25, -0.2) is 9.79 Å². The van der Waals surface area contributed by atoms with Gasteiger partial charge in [-0.2, -0.15) is 0 Å². The topological polar surface area (TPSA) is 69.9 Å². The van der Waals surface area contributed by atoms with Crippen LogP contribution in [0.4, 0.5) is 0 Å². The van der Waals surface area contributed by atoms with Gasteiger partial charge < -0.3 is 9.47 Å². The number of nitrogens with zero attached hydrogens (tertiary/aromatic N) is 2. The first kappa shape index (κ1) is 23.4. The van der Waals surface area contributed by atoms with Crippen LogP contribution in [0.15, 0.2) is 68.4 Å². The lowest BCUT2D eigenvalue weighted by molar-refractivity contribution is -0.136. The third-order valence-corrected chi connectivity index (χ3v) is 7.29. The molecule has 170 valence electrons. The van der Waals surface area contributed by atoms with Crippen molar-refractivity contribution in [3.8, 4) is 5.75 Å². The number of benzene rings is 2. The summed E-state index contributed by atoms with van der Waals surface area (Å²) in [5, 5.41) is 0.459. The minimum Gasteiger partial charge on any atom is -0.496 e. The van der Waals surface area contributed by atoms with Crippen LogP contribution in [0.3, 0.4) is 0 Å². The van der Waals surface area contributed by atoms with Crippen molar-refractivity contribution in [1.82, 2.24) is 4.57 Å². The fourth-order valence-electron chi connectivity index (χ4n) is 3.76. The van der Waals surface area contributed by atoms with Crippen LogP contribution in [0.5, 0.6) is 5.75 Å². The molecule has 0 fully saturated rings. The highest BCUT2D eigenvalue weighted by atomic mass is 35.5. The molecule has 0 saturated heterocycles. The predicted molar refractivity (Wildman–Crippen MR) is 132 cm³/mol. The van der Waals surface area contributed by atoms with Gasteiger partial charge in [-0.05, 0) is 55.2 Å². The van der Waals surface area contributed by atoms with Crippen molar-refractivity contribution >= 4 is 46.7 Å². The molecular formula is C24H21ClN2O4S2. The molecule has 0 bridgehead atoms. The second kappa shape index (κ2) is 9.59. The number of fused-ring (bicyclic) bond motifs is 1. The van der Waals surface area contributed by atoms with Gasteiger partial charge in [0.1, 0.15) is 11.8 Å². The lowest BCUT2D eigenvalue weighted by atomic mass is 9.95. The summed E-state index contributed by atoms with van der Waals surface area (Å²) < 4.78 is 12.6. The normalized spacial score (nSPS) is 15.8. The van der Waals surface area contributed by atoms with E-state index in [9.17, 15) is 9.59 Å². The van der Waals surface area contributed by atoms with E-state index in [0.717, 1.165) is 10.5 Å². The highest BCUT2D eigenvalue weighted by Crippen LogP contribution is 2.37. The number of ether oxygens (including phenoxy) is 2. The molecule has 0 aliphatic carbocycles. The third kappa shape index (κ3) is 4.38. The quantitative estimate of drug-likeness (QED) is 0.394. The number of methoxy groups -OCH3 is 2. The monoisotopic (exact) mass is 500 g/mol. The molecule has 2 aromatic carbocycles. The second-order valence-electron chi connectivity index (χ2n) is 7.23. The molecule has 0 N–H and O–H groups in total. The molecule has 0 amide bonds. The Balaban J connectivity index is 1.99. The van der Waals surface area contributed by atoms with Crippen LogP contribution in [0.1, 0.15) is 24.1 Å². The Bertz CT molecular complexity index is 1440. The van der Waals surface area contributed by atoms with E-state index in [2.05, 4.69) is 4.99 Å². The maximum absolute atomic E-state index is 13.6. The Labute approximate surface area is 203 Å². The summed E-state index contributed by atoms with van der Waals surface area (Å²) in [7, 11) is 2.83. The molecule has 0 spiro atoms. The zero-order valence-corrected chi connectivity index (χ0v) is 20.8. The Hall–Kier alpha value is -2.81. The highest BCUT2D eigenvalue weighted by Gasteiger charge is 2.35. The number of thioether (sulfide) groups is 1. The van der Waals surface area contributed by atoms with Crippen molar-refractivity contribution in [3.05, 3.63) is 89.6 Å². The maximum atomic E-state index is 13.6. The standard InChI is InChI=1S/C24H21ClN2O4S2/c1-13-20(23(29)31-3)21(17-12-15(25)7-10-18(17)30-2)27-22(28)19(33-24(27)26-13)11-14-5-8-16(32-4)9-6-14/h5-12,21H,1-4H3/b19-11-/t21-/m1/s1. The van der Waals surface area contributed by atoms with E-state index in [4.69, 9.17) is 21.1 Å². The Morgan fingerprint density at radius 1 is 1.21 bits per heavy atom. The number of allylic oxidation sites excluding steroid dienone is 1. The van der Waals surface area contributed by atoms with E-state index >= 15 is 0 Å². The van der Waals surface area contributed by atoms with Crippen LogP contribution in [-0.2, 0) is 9.53 Å². The zero-order chi connectivity index (χ0) is 23.7. The number of carbonyl (C=O) groups is 1. The van der Waals surface area contributed by atoms with Gasteiger partial charge in [0.05, 0.1) is 30.0 Å². The molecule has 1 aliphatic rings. The number of hydrogen-bond donors (Lipinski definition) is 0. The van der Waals surface area contributed by atoms with Crippen molar-refractivity contribution in [2.75, 3.05) is 20.5 Å². The minimum absolute atomic E-state index is 0.256. The van der Waals surface area contributed by atoms with E-state index in [1.54, 1.807) is 36.9 Å². The fraction of sp³-hybridized carbons (Fsp3) is 0.208. The fourth-order valence-corrected chi connectivity index (χ4v) is 5.39. The SMILES string of the molecule is COC(=O)C1=C(C)N=c2s/c(=C\c3ccc(SC)cc3)c(=O)n2[C@@H]1c1cc(Cl)ccc1OC. The number of rotatable bonds is 5. The van der Waals surface area contributed by atoms with E-state index in [0.29, 0.717) is 31.4 Å². The molecule has 2 heterocycles. The maximum Gasteiger partial charge on any atom is 0.338 e. The largest absolute Gasteiger partial charge is 0.496 e. The lowest BCUT2D eigenvalue weighted by Gasteiger charge is -2.25. The van der Waals surface area contributed by atoms with Gasteiger partial charge in [0.15, 0.2) is 4.80 Å². The molecule has 9 heteroatoms. The predicted octanol–water partition coefficient (Wildman–Crippen LogP) is 3.79. The van der Waals surface area contributed by atoms with Crippen LogP contribution in [0.25, 0.3) is 6.08 Å². The van der Waals surface area contributed by atoms with Crippen molar-refractivity contribution in [2.24, 2.45) is 4.99 Å². The van der Waals surface area contributed by atoms with Crippen molar-refractivity contribution in [2.45, 2.75) is 17.9 Å². The summed E-state index contributed by atoms with van der Waals surface area (Å²) in [4.78, 5) is 32.6. The zero-order valence-electron chi connectivity index (χ0n) is 18.4. The van der Waals surface area contributed by atoms with Crippen molar-refractivity contribution in [1.29, 1.82) is 0 Å². The number of aromatic nitrogens is 1. The van der Waals surface area contributed by atoms with Gasteiger partial charge in [0.25, 0.3) is 5.56 Å². The first-order valence-corrected chi connectivity index (χ1v) is 12.4. The van der Waals surface area contributed by atoms with Crippen LogP contribution < -0.4 is 19.6 Å². The van der Waals surface area contributed by atoms with Crippen molar-refractivity contribution in [3.63, 3.8) is 0 Å². The van der Waals surface area contributed by atoms with Crippen LogP contribution in [0.2, 0.25) is 5.02 Å². The van der Waals surface area contributed by atoms with Gasteiger partial charge in [-0.15, -0.1) is 11.8 Å². The van der Waals surface area contributed by atoms with Crippen molar-refractivity contribution < 1.29 is 14.3 Å².